The molecule has 3 nitrogen and oxygen atoms in total. The Morgan fingerprint density at radius 2 is 2.10 bits per heavy atom. The van der Waals surface area contributed by atoms with Crippen molar-refractivity contribution in [2.24, 2.45) is 0 Å². The summed E-state index contributed by atoms with van der Waals surface area (Å²) >= 11 is 12.5. The van der Waals surface area contributed by atoms with Crippen molar-refractivity contribution in [3.63, 3.8) is 0 Å². The molecule has 0 saturated heterocycles. The molecule has 1 unspecified atom stereocenters. The molecule has 1 atom stereocenters. The van der Waals surface area contributed by atoms with Crippen molar-refractivity contribution in [1.29, 1.82) is 0 Å². The van der Waals surface area contributed by atoms with Crippen LogP contribution in [0.1, 0.15) is 30.7 Å². The highest BCUT2D eigenvalue weighted by molar-refractivity contribution is 6.34. The molecule has 108 valence electrons. The first-order chi connectivity index (χ1) is 9.67. The number of halogens is 2. The van der Waals surface area contributed by atoms with Gasteiger partial charge in [-0.25, -0.2) is 0 Å². The minimum absolute atomic E-state index is 0.124. The fourth-order valence-electron chi connectivity index (χ4n) is 2.03. The molecule has 0 aliphatic carbocycles. The third kappa shape index (κ3) is 3.29. The van der Waals surface area contributed by atoms with Gasteiger partial charge in [-0.05, 0) is 36.7 Å². The van der Waals surface area contributed by atoms with Crippen molar-refractivity contribution in [1.82, 2.24) is 5.32 Å². The summed E-state index contributed by atoms with van der Waals surface area (Å²) < 4.78 is 10.7. The van der Waals surface area contributed by atoms with E-state index >= 15 is 0 Å². The van der Waals surface area contributed by atoms with Crippen LogP contribution < -0.4 is 10.1 Å². The number of furan rings is 1. The second-order valence-corrected chi connectivity index (χ2v) is 5.23. The maximum atomic E-state index is 6.35. The summed E-state index contributed by atoms with van der Waals surface area (Å²) in [6, 6.07) is 7.19. The Kier molecular flexibility index (Phi) is 5.35. The largest absolute Gasteiger partial charge is 0.495 e. The predicted molar refractivity (Wildman–Crippen MR) is 81.9 cm³/mol. The SMILES string of the molecule is CCCNC(c1ccco1)c1cc(Cl)c(OC)cc1Cl. The van der Waals surface area contributed by atoms with E-state index in [9.17, 15) is 0 Å². The van der Waals surface area contributed by atoms with Gasteiger partial charge in [-0.2, -0.15) is 0 Å². The van der Waals surface area contributed by atoms with Crippen LogP contribution in [0.5, 0.6) is 5.75 Å². The van der Waals surface area contributed by atoms with Gasteiger partial charge in [-0.3, -0.25) is 0 Å². The van der Waals surface area contributed by atoms with Crippen molar-refractivity contribution in [2.45, 2.75) is 19.4 Å². The van der Waals surface area contributed by atoms with Crippen LogP contribution in [-0.2, 0) is 0 Å². The molecule has 20 heavy (non-hydrogen) atoms. The van der Waals surface area contributed by atoms with Gasteiger partial charge in [0.2, 0.25) is 0 Å². The van der Waals surface area contributed by atoms with Crippen molar-refractivity contribution in [2.75, 3.05) is 13.7 Å². The molecule has 0 fully saturated rings. The van der Waals surface area contributed by atoms with E-state index in [1.165, 1.54) is 0 Å². The van der Waals surface area contributed by atoms with Crippen LogP contribution in [-0.4, -0.2) is 13.7 Å². The molecule has 2 rings (SSSR count). The molecule has 0 saturated carbocycles. The normalized spacial score (nSPS) is 12.4. The average molecular weight is 314 g/mol. The highest BCUT2D eigenvalue weighted by Crippen LogP contribution is 2.36. The highest BCUT2D eigenvalue weighted by Gasteiger charge is 2.20. The molecule has 0 spiro atoms. The average Bonchev–Trinajstić information content (AvgIpc) is 2.96. The summed E-state index contributed by atoms with van der Waals surface area (Å²) in [5.74, 6) is 1.37. The quantitative estimate of drug-likeness (QED) is 0.840. The van der Waals surface area contributed by atoms with Gasteiger partial charge in [-0.1, -0.05) is 30.1 Å². The molecule has 0 amide bonds. The van der Waals surface area contributed by atoms with Crippen molar-refractivity contribution >= 4 is 23.2 Å². The number of benzene rings is 1. The van der Waals surface area contributed by atoms with Crippen LogP contribution in [0, 0.1) is 0 Å². The second kappa shape index (κ2) is 7.02. The van der Waals surface area contributed by atoms with Gasteiger partial charge in [0.25, 0.3) is 0 Å². The monoisotopic (exact) mass is 313 g/mol. The van der Waals surface area contributed by atoms with E-state index in [2.05, 4.69) is 12.2 Å². The molecule has 2 aromatic rings. The molecule has 0 aliphatic rings. The lowest BCUT2D eigenvalue weighted by molar-refractivity contribution is 0.414. The molecule has 0 bridgehead atoms. The molecular formula is C15H17Cl2NO2. The summed E-state index contributed by atoms with van der Waals surface area (Å²) in [5.41, 5.74) is 0.876. The van der Waals surface area contributed by atoms with E-state index in [0.29, 0.717) is 15.8 Å². The molecule has 0 aliphatic heterocycles. The Morgan fingerprint density at radius 1 is 1.30 bits per heavy atom. The van der Waals surface area contributed by atoms with Gasteiger partial charge in [-0.15, -0.1) is 0 Å². The number of nitrogens with one attached hydrogen (secondary N) is 1. The van der Waals surface area contributed by atoms with Gasteiger partial charge in [0.15, 0.2) is 0 Å². The standard InChI is InChI=1S/C15H17Cl2NO2/c1-3-6-18-15(13-5-4-7-20-13)10-8-12(17)14(19-2)9-11(10)16/h4-5,7-9,15,18H,3,6H2,1-2H3. The Hall–Kier alpha value is -1.16. The molecule has 1 N–H and O–H groups in total. The van der Waals surface area contributed by atoms with Gasteiger partial charge in [0, 0.05) is 11.1 Å². The highest BCUT2D eigenvalue weighted by atomic mass is 35.5. The Labute approximate surface area is 128 Å². The number of methoxy groups -OCH3 is 1. The van der Waals surface area contributed by atoms with E-state index in [1.807, 2.05) is 18.2 Å². The van der Waals surface area contributed by atoms with E-state index in [-0.39, 0.29) is 6.04 Å². The Bertz CT molecular complexity index is 555. The zero-order valence-electron chi connectivity index (χ0n) is 11.5. The smallest absolute Gasteiger partial charge is 0.138 e. The molecule has 1 heterocycles. The maximum Gasteiger partial charge on any atom is 0.138 e. The van der Waals surface area contributed by atoms with E-state index in [1.54, 1.807) is 19.4 Å². The fraction of sp³-hybridized carbons (Fsp3) is 0.333. The lowest BCUT2D eigenvalue weighted by Crippen LogP contribution is -2.23. The minimum Gasteiger partial charge on any atom is -0.495 e. The van der Waals surface area contributed by atoms with Crippen LogP contribution in [0.25, 0.3) is 0 Å². The lowest BCUT2D eigenvalue weighted by atomic mass is 10.0. The Morgan fingerprint density at radius 3 is 2.70 bits per heavy atom. The topological polar surface area (TPSA) is 34.4 Å². The molecular weight excluding hydrogens is 297 g/mol. The molecule has 5 heteroatoms. The van der Waals surface area contributed by atoms with E-state index < -0.39 is 0 Å². The summed E-state index contributed by atoms with van der Waals surface area (Å²) in [6.07, 6.45) is 2.66. The number of rotatable bonds is 6. The first kappa shape index (κ1) is 15.2. The van der Waals surface area contributed by atoms with Crippen molar-refractivity contribution in [3.8, 4) is 5.75 Å². The third-order valence-corrected chi connectivity index (χ3v) is 3.63. The lowest BCUT2D eigenvalue weighted by Gasteiger charge is -2.19. The zero-order chi connectivity index (χ0) is 14.5. The minimum atomic E-state index is -0.124. The van der Waals surface area contributed by atoms with E-state index in [4.69, 9.17) is 32.4 Å². The summed E-state index contributed by atoms with van der Waals surface area (Å²) in [7, 11) is 1.57. The van der Waals surface area contributed by atoms with Crippen LogP contribution in [0.2, 0.25) is 10.0 Å². The summed E-state index contributed by atoms with van der Waals surface area (Å²) in [4.78, 5) is 0. The summed E-state index contributed by atoms with van der Waals surface area (Å²) in [6.45, 7) is 2.96. The van der Waals surface area contributed by atoms with Gasteiger partial charge in [0.1, 0.15) is 11.5 Å². The third-order valence-electron chi connectivity index (χ3n) is 3.01. The van der Waals surface area contributed by atoms with Crippen LogP contribution in [0.3, 0.4) is 0 Å². The van der Waals surface area contributed by atoms with Gasteiger partial charge in [0.05, 0.1) is 24.4 Å². The maximum absolute atomic E-state index is 6.35. The fourth-order valence-corrected chi connectivity index (χ4v) is 2.54. The Balaban J connectivity index is 2.40. The van der Waals surface area contributed by atoms with E-state index in [0.717, 1.165) is 24.3 Å². The number of ether oxygens (including phenoxy) is 1. The van der Waals surface area contributed by atoms with Crippen LogP contribution in [0.4, 0.5) is 0 Å². The van der Waals surface area contributed by atoms with Crippen LogP contribution in [0.15, 0.2) is 34.9 Å². The second-order valence-electron chi connectivity index (χ2n) is 4.41. The van der Waals surface area contributed by atoms with Crippen LogP contribution >= 0.6 is 23.2 Å². The predicted octanol–water partition coefficient (Wildman–Crippen LogP) is 4.68. The van der Waals surface area contributed by atoms with Crippen molar-refractivity contribution in [3.05, 3.63) is 51.9 Å². The van der Waals surface area contributed by atoms with Gasteiger partial charge < -0.3 is 14.5 Å². The molecule has 1 aromatic carbocycles. The summed E-state index contributed by atoms with van der Waals surface area (Å²) in [5, 5.41) is 4.54. The van der Waals surface area contributed by atoms with Gasteiger partial charge >= 0.3 is 0 Å². The zero-order valence-corrected chi connectivity index (χ0v) is 13.0. The van der Waals surface area contributed by atoms with Crippen molar-refractivity contribution < 1.29 is 9.15 Å². The number of hydrogen-bond acceptors (Lipinski definition) is 3. The first-order valence-corrected chi connectivity index (χ1v) is 7.22. The molecule has 0 radical (unpaired) electrons. The molecule has 1 aromatic heterocycles. The first-order valence-electron chi connectivity index (χ1n) is 6.47. The number of hydrogen-bond donors (Lipinski definition) is 1.